The highest BCUT2D eigenvalue weighted by molar-refractivity contribution is 9.10. The van der Waals surface area contributed by atoms with Crippen LogP contribution in [0.25, 0.3) is 11.0 Å². The van der Waals surface area contributed by atoms with E-state index in [1.807, 2.05) is 53.2 Å². The molecule has 0 bridgehead atoms. The summed E-state index contributed by atoms with van der Waals surface area (Å²) in [5.74, 6) is -0.731. The van der Waals surface area contributed by atoms with Crippen molar-refractivity contribution in [2.45, 2.75) is 38.0 Å². The molecule has 0 saturated carbocycles. The van der Waals surface area contributed by atoms with Crippen molar-refractivity contribution in [2.75, 3.05) is 12.3 Å². The molecule has 0 aliphatic carbocycles. The maximum absolute atomic E-state index is 12.1. The molecule has 12 heteroatoms. The number of nitrogen functional groups attached to an aromatic ring is 1. The minimum atomic E-state index is -0.799. The highest BCUT2D eigenvalue weighted by atomic mass is 79.9. The number of benzene rings is 2. The minimum Gasteiger partial charge on any atom is -0.481 e. The van der Waals surface area contributed by atoms with Crippen molar-refractivity contribution < 1.29 is 24.2 Å². The highest BCUT2D eigenvalue weighted by Crippen LogP contribution is 2.32. The monoisotopic (exact) mass is 704 g/mol. The predicted octanol–water partition coefficient (Wildman–Crippen LogP) is 6.22. The lowest BCUT2D eigenvalue weighted by Crippen LogP contribution is -2.20. The summed E-state index contributed by atoms with van der Waals surface area (Å²) in [6.45, 7) is 0.225. The topological polar surface area (TPSA) is 130 Å². The molecule has 9 nitrogen and oxygen atoms in total. The average molecular weight is 707 g/mol. The zero-order valence-electron chi connectivity index (χ0n) is 21.8. The molecule has 1 aliphatic rings. The fraction of sp³-hybridized carbons (Fsp3) is 0.241. The number of esters is 1. The first-order chi connectivity index (χ1) is 19.7. The van der Waals surface area contributed by atoms with Crippen molar-refractivity contribution in [1.82, 2.24) is 14.5 Å². The van der Waals surface area contributed by atoms with Gasteiger partial charge in [-0.3, -0.25) is 9.59 Å². The number of fused-ring (bicyclic) bond motifs is 1. The maximum Gasteiger partial charge on any atom is 0.310 e. The number of nitrogens with zero attached hydrogens (tertiary/aromatic N) is 3. The summed E-state index contributed by atoms with van der Waals surface area (Å²) >= 11 is 12.6. The molecule has 4 aromatic rings. The van der Waals surface area contributed by atoms with E-state index >= 15 is 0 Å². The van der Waals surface area contributed by atoms with Gasteiger partial charge in [0.05, 0.1) is 24.3 Å². The van der Waals surface area contributed by atoms with Gasteiger partial charge in [0.1, 0.15) is 24.3 Å². The van der Waals surface area contributed by atoms with E-state index < -0.39 is 5.97 Å². The van der Waals surface area contributed by atoms with Crippen LogP contribution in [0.2, 0.25) is 5.28 Å². The Bertz CT molecular complexity index is 1490. The quantitative estimate of drug-likeness (QED) is 0.132. The first-order valence-electron chi connectivity index (χ1n) is 12.3. The molecule has 0 radical (unpaired) electrons. The average Bonchev–Trinajstić information content (AvgIpc) is 3.59. The van der Waals surface area contributed by atoms with Gasteiger partial charge in [-0.1, -0.05) is 56.1 Å². The molecule has 1 unspecified atom stereocenters. The second-order valence-electron chi connectivity index (χ2n) is 8.81. The lowest BCUT2D eigenvalue weighted by molar-refractivity contribution is -0.147. The molecule has 3 heterocycles. The number of halogens is 3. The van der Waals surface area contributed by atoms with Crippen LogP contribution >= 0.6 is 43.5 Å². The normalized spacial score (nSPS) is 15.7. The number of carboxylic acid groups (broad SMARTS) is 1. The van der Waals surface area contributed by atoms with Crippen LogP contribution in [-0.4, -0.2) is 44.3 Å². The number of aromatic nitrogens is 3. The number of anilines is 1. The Morgan fingerprint density at radius 1 is 1.00 bits per heavy atom. The third-order valence-corrected chi connectivity index (χ3v) is 7.16. The zero-order valence-corrected chi connectivity index (χ0v) is 25.7. The zero-order chi connectivity index (χ0) is 29.9. The SMILES string of the molecule is C#C.Nc1nc(Cl)nc2c1ccn2C1CC[C@@H](COC(=O)Cc2ccc(Br)cc2)O1.O=C(O)Cc1ccc(Br)cc1. The highest BCUT2D eigenvalue weighted by Gasteiger charge is 2.29. The molecule has 41 heavy (non-hydrogen) atoms. The number of hydrogen-bond donors (Lipinski definition) is 2. The lowest BCUT2D eigenvalue weighted by atomic mass is 10.1. The molecular weight excluding hydrogens is 680 g/mol. The van der Waals surface area contributed by atoms with Gasteiger partial charge in [-0.2, -0.15) is 4.98 Å². The van der Waals surface area contributed by atoms with Crippen molar-refractivity contribution in [3.8, 4) is 12.8 Å². The number of terminal acetylenes is 1. The second kappa shape index (κ2) is 15.5. The van der Waals surface area contributed by atoms with Crippen LogP contribution in [0.4, 0.5) is 5.82 Å². The van der Waals surface area contributed by atoms with Gasteiger partial charge in [0.15, 0.2) is 0 Å². The Kier molecular flexibility index (Phi) is 12.2. The maximum atomic E-state index is 12.1. The molecule has 2 aromatic carbocycles. The summed E-state index contributed by atoms with van der Waals surface area (Å²) < 4.78 is 15.3. The summed E-state index contributed by atoms with van der Waals surface area (Å²) in [6.07, 6.45) is 11.4. The molecule has 2 atom stereocenters. The third kappa shape index (κ3) is 9.57. The molecule has 0 amide bonds. The summed E-state index contributed by atoms with van der Waals surface area (Å²) in [5, 5.41) is 9.26. The van der Waals surface area contributed by atoms with E-state index in [2.05, 4.69) is 54.7 Å². The number of carboxylic acids is 1. The molecule has 2 aromatic heterocycles. The summed E-state index contributed by atoms with van der Waals surface area (Å²) in [7, 11) is 0. The van der Waals surface area contributed by atoms with Gasteiger partial charge in [-0.05, 0) is 65.9 Å². The van der Waals surface area contributed by atoms with Gasteiger partial charge in [-0.15, -0.1) is 12.8 Å². The van der Waals surface area contributed by atoms with Crippen molar-refractivity contribution in [2.24, 2.45) is 0 Å². The lowest BCUT2D eigenvalue weighted by Gasteiger charge is -2.16. The van der Waals surface area contributed by atoms with Gasteiger partial charge in [0, 0.05) is 15.1 Å². The molecule has 5 rings (SSSR count). The van der Waals surface area contributed by atoms with Crippen LogP contribution < -0.4 is 5.73 Å². The van der Waals surface area contributed by atoms with Crippen molar-refractivity contribution in [3.05, 3.63) is 86.2 Å². The van der Waals surface area contributed by atoms with Crippen molar-refractivity contribution in [1.29, 1.82) is 0 Å². The number of rotatable bonds is 7. The summed E-state index contributed by atoms with van der Waals surface area (Å²) in [6, 6.07) is 16.7. The van der Waals surface area contributed by atoms with Crippen LogP contribution in [0.5, 0.6) is 0 Å². The van der Waals surface area contributed by atoms with Gasteiger partial charge in [0.25, 0.3) is 0 Å². The number of carbonyl (C=O) groups is 2. The van der Waals surface area contributed by atoms with Crippen LogP contribution in [0.3, 0.4) is 0 Å². The van der Waals surface area contributed by atoms with Gasteiger partial charge in [0.2, 0.25) is 5.28 Å². The summed E-state index contributed by atoms with van der Waals surface area (Å²) in [5.41, 5.74) is 8.26. The van der Waals surface area contributed by atoms with Crippen molar-refractivity contribution in [3.63, 3.8) is 0 Å². The Labute approximate surface area is 259 Å². The second-order valence-corrected chi connectivity index (χ2v) is 11.0. The molecule has 3 N–H and O–H groups in total. The fourth-order valence-corrected chi connectivity index (χ4v) is 4.76. The predicted molar refractivity (Wildman–Crippen MR) is 164 cm³/mol. The first-order valence-corrected chi connectivity index (χ1v) is 14.3. The summed E-state index contributed by atoms with van der Waals surface area (Å²) in [4.78, 5) is 30.5. The largest absolute Gasteiger partial charge is 0.481 e. The van der Waals surface area contributed by atoms with E-state index in [0.717, 1.165) is 38.3 Å². The molecule has 1 aliphatic heterocycles. The molecular formula is C29H27Br2ClN4O5. The Morgan fingerprint density at radius 2 is 1.59 bits per heavy atom. The number of carbonyl (C=O) groups excluding carboxylic acids is 1. The van der Waals surface area contributed by atoms with Crippen molar-refractivity contribution >= 4 is 72.3 Å². The number of hydrogen-bond acceptors (Lipinski definition) is 7. The first kappa shape index (κ1) is 32.1. The smallest absolute Gasteiger partial charge is 0.310 e. The molecule has 0 spiro atoms. The van der Waals surface area contributed by atoms with E-state index in [-0.39, 0.29) is 43.0 Å². The van der Waals surface area contributed by atoms with E-state index in [9.17, 15) is 9.59 Å². The molecule has 1 saturated heterocycles. The van der Waals surface area contributed by atoms with Crippen LogP contribution in [-0.2, 0) is 31.9 Å². The Morgan fingerprint density at radius 3 is 2.17 bits per heavy atom. The number of nitrogens with two attached hydrogens (primary N) is 1. The van der Waals surface area contributed by atoms with E-state index in [0.29, 0.717) is 11.5 Å². The fourth-order valence-electron chi connectivity index (χ4n) is 4.06. The number of aliphatic carboxylic acids is 1. The standard InChI is InChI=1S/C19H18BrClN4O3.C8H7BrO2.C2H2/c20-12-3-1-11(2-4-12)9-16(26)27-10-13-5-6-15(28-13)25-8-7-14-17(22)23-19(21)24-18(14)25;9-7-3-1-6(2-4-7)5-8(10)11;1-2/h1-4,7-8,13,15H,5-6,9-10H2,(H2,22,23,24);1-4H,5H2,(H,10,11);1-2H/t13-,15?;;/m0../s1. The minimum absolute atomic E-state index is 0.0906. The Hall–Kier alpha value is -3.43. The Balaban J connectivity index is 0.000000299. The van der Waals surface area contributed by atoms with Crippen LogP contribution in [0, 0.1) is 12.8 Å². The van der Waals surface area contributed by atoms with Gasteiger partial charge in [-0.25, -0.2) is 4.98 Å². The van der Waals surface area contributed by atoms with Crippen LogP contribution in [0.15, 0.2) is 69.7 Å². The van der Waals surface area contributed by atoms with Gasteiger partial charge >= 0.3 is 11.9 Å². The van der Waals surface area contributed by atoms with E-state index in [1.165, 1.54) is 0 Å². The van der Waals surface area contributed by atoms with E-state index in [1.54, 1.807) is 12.1 Å². The van der Waals surface area contributed by atoms with E-state index in [4.69, 9.17) is 31.9 Å². The third-order valence-electron chi connectivity index (χ3n) is 5.93. The number of ether oxygens (including phenoxy) is 2. The van der Waals surface area contributed by atoms with Gasteiger partial charge < -0.3 is 24.9 Å². The molecule has 1 fully saturated rings. The van der Waals surface area contributed by atoms with Crippen LogP contribution in [0.1, 0.15) is 30.2 Å². The molecule has 214 valence electrons.